The van der Waals surface area contributed by atoms with Crippen LogP contribution in [0.15, 0.2) is 48.5 Å². The molecule has 1 amide bonds. The lowest BCUT2D eigenvalue weighted by Gasteiger charge is -2.09. The highest BCUT2D eigenvalue weighted by atomic mass is 19.1. The van der Waals surface area contributed by atoms with Crippen molar-refractivity contribution in [3.05, 3.63) is 59.9 Å². The largest absolute Gasteiger partial charge is 0.495 e. The molecule has 0 radical (unpaired) electrons. The van der Waals surface area contributed by atoms with Gasteiger partial charge in [-0.25, -0.2) is 4.39 Å². The summed E-state index contributed by atoms with van der Waals surface area (Å²) in [7, 11) is 1.56. The van der Waals surface area contributed by atoms with Crippen LogP contribution in [-0.2, 0) is 11.2 Å². The third kappa shape index (κ3) is 3.82. The predicted octanol–water partition coefficient (Wildman–Crippen LogP) is 3.41. The van der Waals surface area contributed by atoms with Gasteiger partial charge < -0.3 is 10.1 Å². The third-order valence-corrected chi connectivity index (χ3v) is 2.94. The molecule has 1 N–H and O–H groups in total. The number of methoxy groups -OCH3 is 1. The average molecular weight is 273 g/mol. The number of aryl methyl sites for hydroxylation is 1. The molecule has 0 spiro atoms. The van der Waals surface area contributed by atoms with E-state index in [4.69, 9.17) is 4.74 Å². The molecular formula is C16H16FNO2. The molecule has 0 aliphatic rings. The molecular weight excluding hydrogens is 257 g/mol. The zero-order valence-corrected chi connectivity index (χ0v) is 11.2. The minimum absolute atomic E-state index is 0.0983. The van der Waals surface area contributed by atoms with Crippen LogP contribution < -0.4 is 10.1 Å². The standard InChI is InChI=1S/C16H16FNO2/c1-20-15-5-3-2-4-14(15)18-16(19)11-8-12-6-9-13(17)10-7-12/h2-7,9-10H,8,11H2,1H3,(H,18,19). The van der Waals surface area contributed by atoms with Gasteiger partial charge >= 0.3 is 0 Å². The minimum atomic E-state index is -0.271. The van der Waals surface area contributed by atoms with E-state index in [-0.39, 0.29) is 11.7 Å². The van der Waals surface area contributed by atoms with Gasteiger partial charge in [-0.1, -0.05) is 24.3 Å². The number of benzene rings is 2. The van der Waals surface area contributed by atoms with E-state index in [1.807, 2.05) is 12.1 Å². The molecule has 0 unspecified atom stereocenters. The van der Waals surface area contributed by atoms with Crippen LogP contribution in [0, 0.1) is 5.82 Å². The van der Waals surface area contributed by atoms with Crippen molar-refractivity contribution in [3.8, 4) is 5.75 Å². The topological polar surface area (TPSA) is 38.3 Å². The first-order valence-corrected chi connectivity index (χ1v) is 6.36. The maximum atomic E-state index is 12.8. The van der Waals surface area contributed by atoms with Crippen LogP contribution in [-0.4, -0.2) is 13.0 Å². The van der Waals surface area contributed by atoms with Crippen LogP contribution in [0.1, 0.15) is 12.0 Å². The number of hydrogen-bond donors (Lipinski definition) is 1. The number of amides is 1. The van der Waals surface area contributed by atoms with Crippen LogP contribution in [0.4, 0.5) is 10.1 Å². The lowest BCUT2D eigenvalue weighted by atomic mass is 10.1. The Kier molecular flexibility index (Phi) is 4.71. The molecule has 0 saturated heterocycles. The first-order valence-electron chi connectivity index (χ1n) is 6.36. The van der Waals surface area contributed by atoms with Crippen LogP contribution >= 0.6 is 0 Å². The number of rotatable bonds is 5. The summed E-state index contributed by atoms with van der Waals surface area (Å²) >= 11 is 0. The monoisotopic (exact) mass is 273 g/mol. The predicted molar refractivity (Wildman–Crippen MR) is 76.3 cm³/mol. The highest BCUT2D eigenvalue weighted by Crippen LogP contribution is 2.23. The zero-order chi connectivity index (χ0) is 14.4. The van der Waals surface area contributed by atoms with Crippen molar-refractivity contribution < 1.29 is 13.9 Å². The van der Waals surface area contributed by atoms with Gasteiger partial charge in [-0.3, -0.25) is 4.79 Å². The minimum Gasteiger partial charge on any atom is -0.495 e. The molecule has 4 heteroatoms. The smallest absolute Gasteiger partial charge is 0.224 e. The van der Waals surface area contributed by atoms with Crippen molar-refractivity contribution in [1.82, 2.24) is 0 Å². The van der Waals surface area contributed by atoms with Gasteiger partial charge in [0.2, 0.25) is 5.91 Å². The first-order chi connectivity index (χ1) is 9.69. The summed E-state index contributed by atoms with van der Waals surface area (Å²) in [5.41, 5.74) is 1.58. The lowest BCUT2D eigenvalue weighted by Crippen LogP contribution is -2.13. The summed E-state index contributed by atoms with van der Waals surface area (Å²) in [6, 6.07) is 13.4. The molecule has 2 aromatic carbocycles. The van der Waals surface area contributed by atoms with E-state index in [2.05, 4.69) is 5.32 Å². The van der Waals surface area contributed by atoms with Crippen molar-refractivity contribution >= 4 is 11.6 Å². The highest BCUT2D eigenvalue weighted by Gasteiger charge is 2.07. The molecule has 2 rings (SSSR count). The Morgan fingerprint density at radius 3 is 2.55 bits per heavy atom. The van der Waals surface area contributed by atoms with Gasteiger partial charge in [0.15, 0.2) is 0 Å². The second-order valence-electron chi connectivity index (χ2n) is 4.37. The number of nitrogens with one attached hydrogen (secondary N) is 1. The molecule has 0 atom stereocenters. The van der Waals surface area contributed by atoms with Crippen molar-refractivity contribution in [2.45, 2.75) is 12.8 Å². The summed E-state index contributed by atoms with van der Waals surface area (Å²) in [5, 5.41) is 2.81. The number of ether oxygens (including phenoxy) is 1. The van der Waals surface area contributed by atoms with E-state index in [0.29, 0.717) is 24.3 Å². The summed E-state index contributed by atoms with van der Waals surface area (Å²) in [5.74, 6) is 0.258. The van der Waals surface area contributed by atoms with Crippen molar-refractivity contribution in [2.75, 3.05) is 12.4 Å². The van der Waals surface area contributed by atoms with Crippen molar-refractivity contribution in [1.29, 1.82) is 0 Å². The van der Waals surface area contributed by atoms with E-state index in [1.165, 1.54) is 12.1 Å². The molecule has 3 nitrogen and oxygen atoms in total. The molecule has 0 bridgehead atoms. The third-order valence-electron chi connectivity index (χ3n) is 2.94. The maximum absolute atomic E-state index is 12.8. The first kappa shape index (κ1) is 14.1. The van der Waals surface area contributed by atoms with Crippen LogP contribution in [0.5, 0.6) is 5.75 Å². The lowest BCUT2D eigenvalue weighted by molar-refractivity contribution is -0.116. The van der Waals surface area contributed by atoms with Gasteiger partial charge in [-0.15, -0.1) is 0 Å². The number of hydrogen-bond acceptors (Lipinski definition) is 2. The Hall–Kier alpha value is -2.36. The fraction of sp³-hybridized carbons (Fsp3) is 0.188. The SMILES string of the molecule is COc1ccccc1NC(=O)CCc1ccc(F)cc1. The Bertz CT molecular complexity index is 581. The molecule has 0 aliphatic carbocycles. The zero-order valence-electron chi connectivity index (χ0n) is 11.2. The molecule has 0 fully saturated rings. The number of para-hydroxylation sites is 2. The van der Waals surface area contributed by atoms with Crippen LogP contribution in [0.25, 0.3) is 0 Å². The quantitative estimate of drug-likeness (QED) is 0.906. The van der Waals surface area contributed by atoms with E-state index < -0.39 is 0 Å². The van der Waals surface area contributed by atoms with E-state index in [9.17, 15) is 9.18 Å². The second-order valence-corrected chi connectivity index (χ2v) is 4.37. The fourth-order valence-electron chi connectivity index (χ4n) is 1.87. The van der Waals surface area contributed by atoms with Gasteiger partial charge in [0.25, 0.3) is 0 Å². The Morgan fingerprint density at radius 2 is 1.85 bits per heavy atom. The van der Waals surface area contributed by atoms with Gasteiger partial charge in [0, 0.05) is 6.42 Å². The maximum Gasteiger partial charge on any atom is 0.224 e. The highest BCUT2D eigenvalue weighted by molar-refractivity contribution is 5.92. The van der Waals surface area contributed by atoms with Gasteiger partial charge in [-0.2, -0.15) is 0 Å². The van der Waals surface area contributed by atoms with E-state index >= 15 is 0 Å². The van der Waals surface area contributed by atoms with Gasteiger partial charge in [0.1, 0.15) is 11.6 Å². The molecule has 2 aromatic rings. The van der Waals surface area contributed by atoms with Crippen molar-refractivity contribution in [3.63, 3.8) is 0 Å². The molecule has 0 aliphatic heterocycles. The van der Waals surface area contributed by atoms with Crippen molar-refractivity contribution in [2.24, 2.45) is 0 Å². The van der Waals surface area contributed by atoms with Gasteiger partial charge in [0.05, 0.1) is 12.8 Å². The number of halogens is 1. The summed E-state index contributed by atoms with van der Waals surface area (Å²) in [6.45, 7) is 0. The molecule has 20 heavy (non-hydrogen) atoms. The molecule has 0 aromatic heterocycles. The normalized spacial score (nSPS) is 10.1. The van der Waals surface area contributed by atoms with Gasteiger partial charge in [-0.05, 0) is 36.2 Å². The molecule has 0 heterocycles. The van der Waals surface area contributed by atoms with Crippen LogP contribution in [0.3, 0.4) is 0 Å². The Balaban J connectivity index is 1.91. The Labute approximate surface area is 117 Å². The average Bonchev–Trinajstić information content (AvgIpc) is 2.47. The van der Waals surface area contributed by atoms with Crippen LogP contribution in [0.2, 0.25) is 0 Å². The summed E-state index contributed by atoms with van der Waals surface area (Å²) in [4.78, 5) is 11.9. The van der Waals surface area contributed by atoms with E-state index in [1.54, 1.807) is 31.4 Å². The number of carbonyl (C=O) groups is 1. The molecule has 0 saturated carbocycles. The second kappa shape index (κ2) is 6.70. The van der Waals surface area contributed by atoms with E-state index in [0.717, 1.165) is 5.56 Å². The molecule has 104 valence electrons. The Morgan fingerprint density at radius 1 is 1.15 bits per heavy atom. The fourth-order valence-corrected chi connectivity index (χ4v) is 1.87. The summed E-state index contributed by atoms with van der Waals surface area (Å²) < 4.78 is 17.9. The number of anilines is 1. The number of carbonyl (C=O) groups excluding carboxylic acids is 1. The summed E-state index contributed by atoms with van der Waals surface area (Å²) in [6.07, 6.45) is 0.908.